The summed E-state index contributed by atoms with van der Waals surface area (Å²) in [5, 5.41) is 8.67. The standard InChI is InChI=1S/C8H5ClN2O/c1-5-2-6(4-12)7(3-10)8(9)11-5/h2,4H,1H3. The summed E-state index contributed by atoms with van der Waals surface area (Å²) >= 11 is 5.62. The van der Waals surface area contributed by atoms with E-state index in [1.165, 1.54) is 6.07 Å². The summed E-state index contributed by atoms with van der Waals surface area (Å²) in [7, 11) is 0. The number of pyridine rings is 1. The van der Waals surface area contributed by atoms with Crippen LogP contribution in [0, 0.1) is 18.3 Å². The molecule has 60 valence electrons. The lowest BCUT2D eigenvalue weighted by atomic mass is 10.1. The van der Waals surface area contributed by atoms with Gasteiger partial charge in [0.1, 0.15) is 11.2 Å². The molecule has 0 spiro atoms. The van der Waals surface area contributed by atoms with E-state index in [2.05, 4.69) is 4.98 Å². The van der Waals surface area contributed by atoms with Crippen LogP contribution in [0.2, 0.25) is 5.15 Å². The molecule has 0 saturated carbocycles. The summed E-state index contributed by atoms with van der Waals surface area (Å²) in [5.74, 6) is 0. The van der Waals surface area contributed by atoms with Crippen LogP contribution < -0.4 is 0 Å². The molecule has 1 aromatic heterocycles. The molecule has 0 aliphatic carbocycles. The zero-order chi connectivity index (χ0) is 9.14. The maximum Gasteiger partial charge on any atom is 0.151 e. The molecule has 0 fully saturated rings. The van der Waals surface area contributed by atoms with E-state index in [1.807, 2.05) is 6.07 Å². The van der Waals surface area contributed by atoms with E-state index in [0.717, 1.165) is 0 Å². The summed E-state index contributed by atoms with van der Waals surface area (Å²) in [5.41, 5.74) is 1.05. The first-order valence-corrected chi connectivity index (χ1v) is 3.59. The van der Waals surface area contributed by atoms with Gasteiger partial charge in [0.2, 0.25) is 0 Å². The second-order valence-electron chi connectivity index (χ2n) is 2.25. The Morgan fingerprint density at radius 3 is 2.92 bits per heavy atom. The highest BCUT2D eigenvalue weighted by molar-refractivity contribution is 6.30. The number of aromatic nitrogens is 1. The molecule has 0 atom stereocenters. The van der Waals surface area contributed by atoms with Crippen molar-refractivity contribution >= 4 is 17.9 Å². The summed E-state index contributed by atoms with van der Waals surface area (Å²) < 4.78 is 0. The molecule has 0 aliphatic rings. The molecule has 0 unspecified atom stereocenters. The van der Waals surface area contributed by atoms with Gasteiger partial charge >= 0.3 is 0 Å². The van der Waals surface area contributed by atoms with Crippen LogP contribution in [-0.2, 0) is 0 Å². The van der Waals surface area contributed by atoms with Gasteiger partial charge in [0.05, 0.1) is 5.56 Å². The molecule has 0 N–H and O–H groups in total. The quantitative estimate of drug-likeness (QED) is 0.489. The van der Waals surface area contributed by atoms with Crippen LogP contribution in [0.25, 0.3) is 0 Å². The predicted molar refractivity (Wildman–Crippen MR) is 44.1 cm³/mol. The highest BCUT2D eigenvalue weighted by atomic mass is 35.5. The van der Waals surface area contributed by atoms with Gasteiger partial charge in [-0.05, 0) is 13.0 Å². The van der Waals surface area contributed by atoms with Crippen LogP contribution in [0.3, 0.4) is 0 Å². The number of nitriles is 1. The molecule has 4 heteroatoms. The molecule has 0 aliphatic heterocycles. The molecule has 0 saturated heterocycles. The number of aryl methyl sites for hydroxylation is 1. The third kappa shape index (κ3) is 1.44. The lowest BCUT2D eigenvalue weighted by Crippen LogP contribution is -1.93. The zero-order valence-corrected chi connectivity index (χ0v) is 7.09. The summed E-state index contributed by atoms with van der Waals surface area (Å²) in [6.45, 7) is 1.71. The molecular weight excluding hydrogens is 176 g/mol. The van der Waals surface area contributed by atoms with Crippen LogP contribution in [0.4, 0.5) is 0 Å². The highest BCUT2D eigenvalue weighted by Crippen LogP contribution is 2.16. The van der Waals surface area contributed by atoms with Crippen LogP contribution in [-0.4, -0.2) is 11.3 Å². The second-order valence-corrected chi connectivity index (χ2v) is 2.61. The molecule has 0 aromatic carbocycles. The smallest absolute Gasteiger partial charge is 0.151 e. The van der Waals surface area contributed by atoms with Gasteiger partial charge in [-0.25, -0.2) is 4.98 Å². The minimum atomic E-state index is 0.0830. The minimum Gasteiger partial charge on any atom is -0.298 e. The monoisotopic (exact) mass is 180 g/mol. The SMILES string of the molecule is Cc1cc(C=O)c(C#N)c(Cl)n1. The van der Waals surface area contributed by atoms with Gasteiger partial charge in [-0.15, -0.1) is 0 Å². The summed E-state index contributed by atoms with van der Waals surface area (Å²) in [6, 6.07) is 3.34. The number of hydrogen-bond acceptors (Lipinski definition) is 3. The van der Waals surface area contributed by atoms with Gasteiger partial charge in [0.15, 0.2) is 6.29 Å². The molecule has 1 rings (SSSR count). The molecule has 1 heterocycles. The normalized spacial score (nSPS) is 9.08. The lowest BCUT2D eigenvalue weighted by Gasteiger charge is -1.98. The van der Waals surface area contributed by atoms with Crippen molar-refractivity contribution in [2.75, 3.05) is 0 Å². The number of rotatable bonds is 1. The average molecular weight is 181 g/mol. The first-order valence-electron chi connectivity index (χ1n) is 3.21. The van der Waals surface area contributed by atoms with Crippen molar-refractivity contribution in [3.05, 3.63) is 28.0 Å². The van der Waals surface area contributed by atoms with Crippen molar-refractivity contribution in [1.82, 2.24) is 4.98 Å². The Morgan fingerprint density at radius 1 is 1.75 bits per heavy atom. The van der Waals surface area contributed by atoms with E-state index in [0.29, 0.717) is 12.0 Å². The van der Waals surface area contributed by atoms with Crippen LogP contribution in [0.15, 0.2) is 6.07 Å². The summed E-state index contributed by atoms with van der Waals surface area (Å²) in [4.78, 5) is 14.3. The Kier molecular flexibility index (Phi) is 2.41. The fraction of sp³-hybridized carbons (Fsp3) is 0.125. The molecule has 0 bridgehead atoms. The first kappa shape index (κ1) is 8.69. The topological polar surface area (TPSA) is 53.8 Å². The molecule has 0 radical (unpaired) electrons. The van der Waals surface area contributed by atoms with E-state index in [4.69, 9.17) is 16.9 Å². The van der Waals surface area contributed by atoms with Crippen molar-refractivity contribution < 1.29 is 4.79 Å². The Morgan fingerprint density at radius 2 is 2.42 bits per heavy atom. The predicted octanol–water partition coefficient (Wildman–Crippen LogP) is 1.73. The molecule has 0 amide bonds. The average Bonchev–Trinajstić information content (AvgIpc) is 2.03. The Bertz CT molecular complexity index is 368. The third-order valence-corrected chi connectivity index (χ3v) is 1.65. The van der Waals surface area contributed by atoms with Crippen molar-refractivity contribution in [3.8, 4) is 6.07 Å². The Hall–Kier alpha value is -1.40. The maximum atomic E-state index is 10.5. The van der Waals surface area contributed by atoms with Gasteiger partial charge < -0.3 is 0 Å². The largest absolute Gasteiger partial charge is 0.298 e. The van der Waals surface area contributed by atoms with Gasteiger partial charge in [-0.3, -0.25) is 4.79 Å². The van der Waals surface area contributed by atoms with Crippen molar-refractivity contribution in [2.24, 2.45) is 0 Å². The number of carbonyl (C=O) groups excluding carboxylic acids is 1. The Balaban J connectivity index is 3.46. The summed E-state index contributed by atoms with van der Waals surface area (Å²) in [6.07, 6.45) is 0.596. The number of hydrogen-bond donors (Lipinski definition) is 0. The number of carbonyl (C=O) groups is 1. The Labute approximate surface area is 74.6 Å². The van der Waals surface area contributed by atoms with E-state index in [-0.39, 0.29) is 16.3 Å². The van der Waals surface area contributed by atoms with Crippen molar-refractivity contribution in [3.63, 3.8) is 0 Å². The highest BCUT2D eigenvalue weighted by Gasteiger charge is 2.07. The van der Waals surface area contributed by atoms with Crippen LogP contribution in [0.5, 0.6) is 0 Å². The van der Waals surface area contributed by atoms with Crippen molar-refractivity contribution in [1.29, 1.82) is 5.26 Å². The minimum absolute atomic E-state index is 0.0830. The van der Waals surface area contributed by atoms with Gasteiger partial charge in [-0.1, -0.05) is 11.6 Å². The molecule has 1 aromatic rings. The first-order chi connectivity index (χ1) is 5.69. The third-order valence-electron chi connectivity index (χ3n) is 1.37. The lowest BCUT2D eigenvalue weighted by molar-refractivity contribution is 0.112. The van der Waals surface area contributed by atoms with Crippen molar-refractivity contribution in [2.45, 2.75) is 6.92 Å². The second kappa shape index (κ2) is 3.33. The van der Waals surface area contributed by atoms with E-state index in [9.17, 15) is 4.79 Å². The van der Waals surface area contributed by atoms with Crippen LogP contribution >= 0.6 is 11.6 Å². The van der Waals surface area contributed by atoms with Gasteiger partial charge in [0.25, 0.3) is 0 Å². The number of nitrogens with zero attached hydrogens (tertiary/aromatic N) is 2. The zero-order valence-electron chi connectivity index (χ0n) is 6.34. The molecular formula is C8H5ClN2O. The van der Waals surface area contributed by atoms with Gasteiger partial charge in [-0.2, -0.15) is 5.26 Å². The number of halogens is 1. The van der Waals surface area contributed by atoms with E-state index < -0.39 is 0 Å². The van der Waals surface area contributed by atoms with E-state index in [1.54, 1.807) is 6.92 Å². The fourth-order valence-electron chi connectivity index (χ4n) is 0.863. The molecule has 12 heavy (non-hydrogen) atoms. The fourth-order valence-corrected chi connectivity index (χ4v) is 1.15. The maximum absolute atomic E-state index is 10.5. The number of aldehydes is 1. The van der Waals surface area contributed by atoms with E-state index >= 15 is 0 Å². The molecule has 3 nitrogen and oxygen atoms in total. The van der Waals surface area contributed by atoms with Crippen LogP contribution in [0.1, 0.15) is 21.6 Å². The van der Waals surface area contributed by atoms with Gasteiger partial charge in [0, 0.05) is 11.3 Å².